The van der Waals surface area contributed by atoms with Crippen molar-refractivity contribution in [2.24, 2.45) is 5.73 Å². The van der Waals surface area contributed by atoms with Crippen LogP contribution < -0.4 is 11.1 Å². The number of ether oxygens (including phenoxy) is 1. The Hall–Kier alpha value is -1.86. The van der Waals surface area contributed by atoms with Crippen LogP contribution in [0.3, 0.4) is 0 Å². The number of carbonyl (C=O) groups excluding carboxylic acids is 3. The van der Waals surface area contributed by atoms with Gasteiger partial charge in [-0.15, -0.1) is 0 Å². The first-order valence-corrected chi connectivity index (χ1v) is 6.35. The highest BCUT2D eigenvalue weighted by atomic mass is 32.2. The molecule has 0 atom stereocenters. The zero-order chi connectivity index (χ0) is 14.3. The number of rotatable bonds is 6. The Labute approximate surface area is 114 Å². The number of anilines is 1. The number of amides is 2. The van der Waals surface area contributed by atoms with Gasteiger partial charge in [-0.2, -0.15) is 0 Å². The lowest BCUT2D eigenvalue weighted by Gasteiger charge is -2.05. The molecule has 1 rings (SSSR count). The van der Waals surface area contributed by atoms with Crippen molar-refractivity contribution in [2.45, 2.75) is 0 Å². The predicted molar refractivity (Wildman–Crippen MR) is 73.3 cm³/mol. The predicted octanol–water partition coefficient (Wildman–Crippen LogP) is 1.27. The lowest BCUT2D eigenvalue weighted by atomic mass is 10.1. The fourth-order valence-electron chi connectivity index (χ4n) is 1.29. The number of nitrogens with one attached hydrogen (secondary N) is 1. The van der Waals surface area contributed by atoms with E-state index in [4.69, 9.17) is 10.5 Å². The summed E-state index contributed by atoms with van der Waals surface area (Å²) in [6.45, 7) is 0.0148. The number of hydrogen-bond donors (Lipinski definition) is 2. The van der Waals surface area contributed by atoms with Gasteiger partial charge in [0.05, 0.1) is 5.75 Å². The van der Waals surface area contributed by atoms with Crippen molar-refractivity contribution in [3.05, 3.63) is 29.8 Å². The summed E-state index contributed by atoms with van der Waals surface area (Å²) in [6, 6.07) is 6.40. The molecule has 0 aromatic heterocycles. The fourth-order valence-corrected chi connectivity index (χ4v) is 1.63. The Morgan fingerprint density at radius 1 is 1.26 bits per heavy atom. The van der Waals surface area contributed by atoms with Crippen LogP contribution in [0.25, 0.3) is 0 Å². The number of nitrogens with two attached hydrogens (primary N) is 1. The summed E-state index contributed by atoms with van der Waals surface area (Å²) >= 11 is 0.729. The van der Waals surface area contributed by atoms with Crippen molar-refractivity contribution in [2.75, 3.05) is 24.8 Å². The summed E-state index contributed by atoms with van der Waals surface area (Å²) in [7, 11) is 1.45. The maximum absolute atomic E-state index is 11.5. The number of hydrogen-bond acceptors (Lipinski definition) is 5. The van der Waals surface area contributed by atoms with Crippen molar-refractivity contribution in [1.29, 1.82) is 0 Å². The molecule has 1 aromatic rings. The zero-order valence-electron chi connectivity index (χ0n) is 10.3. The van der Waals surface area contributed by atoms with Gasteiger partial charge in [0.25, 0.3) is 5.24 Å². The van der Waals surface area contributed by atoms with Crippen LogP contribution in [-0.2, 0) is 9.53 Å². The third kappa shape index (κ3) is 5.54. The van der Waals surface area contributed by atoms with Crippen molar-refractivity contribution in [3.8, 4) is 0 Å². The number of thioether (sulfide) groups is 1. The quantitative estimate of drug-likeness (QED) is 0.765. The van der Waals surface area contributed by atoms with E-state index in [0.717, 1.165) is 11.8 Å². The Balaban J connectivity index is 2.54. The molecule has 1 aromatic carbocycles. The molecule has 2 amide bonds. The van der Waals surface area contributed by atoms with Gasteiger partial charge in [0.15, 0.2) is 5.78 Å². The van der Waals surface area contributed by atoms with E-state index in [-0.39, 0.29) is 24.1 Å². The largest absolute Gasteiger partial charge is 0.377 e. The van der Waals surface area contributed by atoms with Crippen LogP contribution in [0.5, 0.6) is 0 Å². The van der Waals surface area contributed by atoms with E-state index >= 15 is 0 Å². The van der Waals surface area contributed by atoms with Crippen LogP contribution in [0.2, 0.25) is 0 Å². The van der Waals surface area contributed by atoms with Crippen LogP contribution in [0, 0.1) is 0 Å². The highest BCUT2D eigenvalue weighted by Gasteiger charge is 2.07. The molecule has 0 aliphatic rings. The minimum atomic E-state index is -0.601. The molecule has 0 radical (unpaired) electrons. The van der Waals surface area contributed by atoms with Gasteiger partial charge in [-0.25, -0.2) is 0 Å². The van der Waals surface area contributed by atoms with Crippen molar-refractivity contribution in [3.63, 3.8) is 0 Å². The molecule has 0 aliphatic carbocycles. The topological polar surface area (TPSA) is 98.5 Å². The minimum absolute atomic E-state index is 0.0148. The summed E-state index contributed by atoms with van der Waals surface area (Å²) in [5.74, 6) is -0.510. The van der Waals surface area contributed by atoms with Crippen LogP contribution >= 0.6 is 11.8 Å². The second-order valence-electron chi connectivity index (χ2n) is 3.59. The van der Waals surface area contributed by atoms with Gasteiger partial charge in [0.1, 0.15) is 6.61 Å². The Morgan fingerprint density at radius 3 is 2.42 bits per heavy atom. The number of Topliss-reactive ketones (excluding diaryl/α,β-unsaturated/α-hetero) is 1. The third-order valence-electron chi connectivity index (χ3n) is 2.11. The van der Waals surface area contributed by atoms with Gasteiger partial charge in [0, 0.05) is 18.4 Å². The first-order valence-electron chi connectivity index (χ1n) is 5.37. The molecular formula is C12H14N2O4S. The molecule has 0 unspecified atom stereocenters. The van der Waals surface area contributed by atoms with Crippen LogP contribution in [0.4, 0.5) is 10.5 Å². The Morgan fingerprint density at radius 2 is 1.89 bits per heavy atom. The van der Waals surface area contributed by atoms with Crippen molar-refractivity contribution < 1.29 is 19.1 Å². The van der Waals surface area contributed by atoms with E-state index < -0.39 is 5.24 Å². The van der Waals surface area contributed by atoms with Crippen molar-refractivity contribution in [1.82, 2.24) is 0 Å². The van der Waals surface area contributed by atoms with Crippen LogP contribution in [0.1, 0.15) is 10.4 Å². The molecule has 0 bridgehead atoms. The molecule has 3 N–H and O–H groups in total. The van der Waals surface area contributed by atoms with Gasteiger partial charge in [-0.05, 0) is 24.3 Å². The summed E-state index contributed by atoms with van der Waals surface area (Å²) < 4.78 is 4.74. The van der Waals surface area contributed by atoms with Crippen molar-refractivity contribution >= 4 is 34.4 Å². The lowest BCUT2D eigenvalue weighted by molar-refractivity contribution is -0.113. The van der Waals surface area contributed by atoms with Gasteiger partial charge in [-0.1, -0.05) is 11.8 Å². The van der Waals surface area contributed by atoms with Gasteiger partial charge >= 0.3 is 0 Å². The third-order valence-corrected chi connectivity index (χ3v) is 2.80. The maximum Gasteiger partial charge on any atom is 0.276 e. The SMILES string of the molecule is COCC(=O)c1ccc(NC(=O)CSC(N)=O)cc1. The summed E-state index contributed by atoms with van der Waals surface area (Å²) in [5.41, 5.74) is 5.96. The molecule has 0 saturated carbocycles. The molecule has 0 heterocycles. The monoisotopic (exact) mass is 282 g/mol. The van der Waals surface area contributed by atoms with Crippen LogP contribution in [-0.4, -0.2) is 36.4 Å². The minimum Gasteiger partial charge on any atom is -0.377 e. The van der Waals surface area contributed by atoms with E-state index in [1.165, 1.54) is 7.11 Å². The summed E-state index contributed by atoms with van der Waals surface area (Å²) in [4.78, 5) is 33.4. The molecule has 7 heteroatoms. The highest BCUT2D eigenvalue weighted by molar-refractivity contribution is 8.14. The maximum atomic E-state index is 11.5. The molecule has 0 fully saturated rings. The number of benzene rings is 1. The first-order chi connectivity index (χ1) is 9.02. The average Bonchev–Trinajstić information content (AvgIpc) is 2.37. The molecule has 0 aliphatic heterocycles. The second-order valence-corrected chi connectivity index (χ2v) is 4.57. The average molecular weight is 282 g/mol. The Kier molecular flexibility index (Phi) is 6.04. The van der Waals surface area contributed by atoms with E-state index in [9.17, 15) is 14.4 Å². The summed E-state index contributed by atoms with van der Waals surface area (Å²) in [6.07, 6.45) is 0. The van der Waals surface area contributed by atoms with E-state index in [2.05, 4.69) is 5.32 Å². The number of ketones is 1. The number of carbonyl (C=O) groups is 3. The van der Waals surface area contributed by atoms with E-state index in [0.29, 0.717) is 11.3 Å². The Bertz CT molecular complexity index is 473. The van der Waals surface area contributed by atoms with Gasteiger partial charge in [-0.3, -0.25) is 14.4 Å². The number of methoxy groups -OCH3 is 1. The summed E-state index contributed by atoms with van der Waals surface area (Å²) in [5, 5.41) is 1.98. The van der Waals surface area contributed by atoms with E-state index in [1.54, 1.807) is 24.3 Å². The lowest BCUT2D eigenvalue weighted by Crippen LogP contribution is -2.17. The van der Waals surface area contributed by atoms with Gasteiger partial charge in [0.2, 0.25) is 5.91 Å². The zero-order valence-corrected chi connectivity index (χ0v) is 11.2. The van der Waals surface area contributed by atoms with E-state index in [1.807, 2.05) is 0 Å². The first kappa shape index (κ1) is 15.2. The fraction of sp³-hybridized carbons (Fsp3) is 0.250. The molecule has 6 nitrogen and oxygen atoms in total. The van der Waals surface area contributed by atoms with Gasteiger partial charge < -0.3 is 15.8 Å². The molecule has 0 spiro atoms. The molecule has 102 valence electrons. The normalized spacial score (nSPS) is 9.95. The number of primary amides is 1. The molecular weight excluding hydrogens is 268 g/mol. The smallest absolute Gasteiger partial charge is 0.276 e. The van der Waals surface area contributed by atoms with Crippen LogP contribution in [0.15, 0.2) is 24.3 Å². The standard InChI is InChI=1S/C12H14N2O4S/c1-18-6-10(15)8-2-4-9(5-3-8)14-11(16)7-19-12(13)17/h2-5H,6-7H2,1H3,(H2,13,17)(H,14,16). The second kappa shape index (κ2) is 7.55. The highest BCUT2D eigenvalue weighted by Crippen LogP contribution is 2.11. The molecule has 19 heavy (non-hydrogen) atoms. The molecule has 0 saturated heterocycles.